The van der Waals surface area contributed by atoms with E-state index in [1.165, 1.54) is 6.42 Å². The second-order valence-corrected chi connectivity index (χ2v) is 5.84. The Balaban J connectivity index is 1.91. The Kier molecular flexibility index (Phi) is 3.15. The first-order valence-electron chi connectivity index (χ1n) is 6.93. The van der Waals surface area contributed by atoms with Crippen LogP contribution in [0.25, 0.3) is 0 Å². The molecule has 2 N–H and O–H groups in total. The van der Waals surface area contributed by atoms with Gasteiger partial charge in [0.1, 0.15) is 17.1 Å². The summed E-state index contributed by atoms with van der Waals surface area (Å²) >= 11 is 0. The second kappa shape index (κ2) is 4.69. The molecule has 2 aliphatic heterocycles. The predicted molar refractivity (Wildman–Crippen MR) is 74.6 cm³/mol. The number of likely N-dealkylation sites (N-methyl/N-ethyl adjacent to an activating group) is 1. The zero-order valence-electron chi connectivity index (χ0n) is 11.7. The van der Waals surface area contributed by atoms with E-state index in [-0.39, 0.29) is 11.6 Å². The molecule has 0 saturated carbocycles. The molecule has 4 heteroatoms. The van der Waals surface area contributed by atoms with Gasteiger partial charge in [0, 0.05) is 24.6 Å². The highest BCUT2D eigenvalue weighted by Crippen LogP contribution is 2.43. The quantitative estimate of drug-likeness (QED) is 0.840. The number of likely N-dealkylation sites (tertiary alicyclic amines) is 1. The molecule has 104 valence electrons. The highest BCUT2D eigenvalue weighted by molar-refractivity contribution is 5.44. The molecule has 3 rings (SSSR count). The predicted octanol–water partition coefficient (Wildman–Crippen LogP) is 1.94. The van der Waals surface area contributed by atoms with Gasteiger partial charge in [0.15, 0.2) is 0 Å². The minimum Gasteiger partial charge on any atom is -0.497 e. The Bertz CT molecular complexity index is 477. The summed E-state index contributed by atoms with van der Waals surface area (Å²) in [6, 6.07) is 5.96. The monoisotopic (exact) mass is 262 g/mol. The standard InChI is InChI=1S/C15H22N2O2/c1-17-7-3-6-15(10-17)9-13(16)12-8-11(18-2)4-5-14(12)19-15/h4-5,8,13H,3,6-7,9-10,16H2,1-2H3/t13-,15?/m0/s1. The van der Waals surface area contributed by atoms with Gasteiger partial charge in [-0.15, -0.1) is 0 Å². The molecule has 0 aliphatic carbocycles. The number of nitrogens with zero attached hydrogens (tertiary/aromatic N) is 1. The second-order valence-electron chi connectivity index (χ2n) is 5.84. The Labute approximate surface area is 114 Å². The lowest BCUT2D eigenvalue weighted by Crippen LogP contribution is -2.53. The molecule has 2 aliphatic rings. The van der Waals surface area contributed by atoms with Crippen LogP contribution in [0.2, 0.25) is 0 Å². The van der Waals surface area contributed by atoms with Crippen LogP contribution in [0, 0.1) is 0 Å². The summed E-state index contributed by atoms with van der Waals surface area (Å²) in [7, 11) is 3.83. The molecule has 1 saturated heterocycles. The summed E-state index contributed by atoms with van der Waals surface area (Å²) < 4.78 is 11.6. The number of fused-ring (bicyclic) bond motifs is 1. The van der Waals surface area contributed by atoms with Crippen molar-refractivity contribution in [3.8, 4) is 11.5 Å². The van der Waals surface area contributed by atoms with Gasteiger partial charge in [0.05, 0.1) is 7.11 Å². The highest BCUT2D eigenvalue weighted by Gasteiger charge is 2.42. The Morgan fingerprint density at radius 1 is 1.47 bits per heavy atom. The molecule has 4 nitrogen and oxygen atoms in total. The number of benzene rings is 1. The van der Waals surface area contributed by atoms with Crippen molar-refractivity contribution in [2.75, 3.05) is 27.2 Å². The molecule has 2 heterocycles. The first kappa shape index (κ1) is 12.8. The maximum atomic E-state index is 6.37. The van der Waals surface area contributed by atoms with Crippen molar-refractivity contribution in [2.45, 2.75) is 30.9 Å². The number of piperidine rings is 1. The highest BCUT2D eigenvalue weighted by atomic mass is 16.5. The maximum absolute atomic E-state index is 6.37. The minimum atomic E-state index is -0.103. The summed E-state index contributed by atoms with van der Waals surface area (Å²) in [6.07, 6.45) is 3.16. The van der Waals surface area contributed by atoms with Gasteiger partial charge in [-0.05, 0) is 44.6 Å². The minimum absolute atomic E-state index is 0.0327. The number of rotatable bonds is 1. The summed E-state index contributed by atoms with van der Waals surface area (Å²) in [5.41, 5.74) is 7.33. The van der Waals surface area contributed by atoms with Crippen molar-refractivity contribution < 1.29 is 9.47 Å². The fourth-order valence-electron chi connectivity index (χ4n) is 3.39. The van der Waals surface area contributed by atoms with Gasteiger partial charge in [0.25, 0.3) is 0 Å². The molecule has 0 amide bonds. The van der Waals surface area contributed by atoms with E-state index in [0.29, 0.717) is 0 Å². The lowest BCUT2D eigenvalue weighted by molar-refractivity contribution is -0.0234. The Morgan fingerprint density at radius 3 is 3.05 bits per heavy atom. The third-order valence-electron chi connectivity index (χ3n) is 4.27. The first-order chi connectivity index (χ1) is 9.12. The number of methoxy groups -OCH3 is 1. The lowest BCUT2D eigenvalue weighted by Gasteiger charge is -2.46. The fourth-order valence-corrected chi connectivity index (χ4v) is 3.39. The zero-order chi connectivity index (χ0) is 13.5. The van der Waals surface area contributed by atoms with Crippen LogP contribution >= 0.6 is 0 Å². The fraction of sp³-hybridized carbons (Fsp3) is 0.600. The van der Waals surface area contributed by atoms with Crippen LogP contribution in [-0.2, 0) is 0 Å². The van der Waals surface area contributed by atoms with Gasteiger partial charge < -0.3 is 20.1 Å². The molecule has 1 fully saturated rings. The molecular formula is C15H22N2O2. The molecule has 0 radical (unpaired) electrons. The molecular weight excluding hydrogens is 240 g/mol. The van der Waals surface area contributed by atoms with Crippen molar-refractivity contribution in [1.82, 2.24) is 4.90 Å². The van der Waals surface area contributed by atoms with Crippen LogP contribution in [0.4, 0.5) is 0 Å². The number of hydrogen-bond donors (Lipinski definition) is 1. The molecule has 0 bridgehead atoms. The summed E-state index contributed by atoms with van der Waals surface area (Å²) in [5, 5.41) is 0. The van der Waals surface area contributed by atoms with Crippen LogP contribution in [0.5, 0.6) is 11.5 Å². The third kappa shape index (κ3) is 2.30. The molecule has 1 unspecified atom stereocenters. The van der Waals surface area contributed by atoms with Crippen LogP contribution < -0.4 is 15.2 Å². The molecule has 1 spiro atoms. The van der Waals surface area contributed by atoms with Crippen molar-refractivity contribution in [3.05, 3.63) is 23.8 Å². The molecule has 0 aromatic heterocycles. The normalized spacial score (nSPS) is 30.8. The number of hydrogen-bond acceptors (Lipinski definition) is 4. The van der Waals surface area contributed by atoms with E-state index >= 15 is 0 Å². The zero-order valence-corrected chi connectivity index (χ0v) is 11.7. The van der Waals surface area contributed by atoms with E-state index in [1.54, 1.807) is 7.11 Å². The van der Waals surface area contributed by atoms with Gasteiger partial charge in [0.2, 0.25) is 0 Å². The lowest BCUT2D eigenvalue weighted by atomic mass is 9.82. The van der Waals surface area contributed by atoms with Crippen molar-refractivity contribution in [3.63, 3.8) is 0 Å². The van der Waals surface area contributed by atoms with Gasteiger partial charge in [-0.3, -0.25) is 0 Å². The smallest absolute Gasteiger partial charge is 0.125 e. The third-order valence-corrected chi connectivity index (χ3v) is 4.27. The van der Waals surface area contributed by atoms with E-state index in [1.807, 2.05) is 18.2 Å². The van der Waals surface area contributed by atoms with Crippen LogP contribution in [0.15, 0.2) is 18.2 Å². The van der Waals surface area contributed by atoms with Crippen LogP contribution in [0.1, 0.15) is 30.9 Å². The summed E-state index contributed by atoms with van der Waals surface area (Å²) in [4.78, 5) is 2.34. The Hall–Kier alpha value is -1.26. The van der Waals surface area contributed by atoms with Gasteiger partial charge >= 0.3 is 0 Å². The SMILES string of the molecule is COc1ccc2c(c1)[C@@H](N)CC1(CCCN(C)C1)O2. The largest absolute Gasteiger partial charge is 0.497 e. The van der Waals surface area contributed by atoms with E-state index in [0.717, 1.165) is 43.0 Å². The molecule has 1 aromatic rings. The number of ether oxygens (including phenoxy) is 2. The van der Waals surface area contributed by atoms with Crippen molar-refractivity contribution in [1.29, 1.82) is 0 Å². The van der Waals surface area contributed by atoms with Crippen molar-refractivity contribution in [2.24, 2.45) is 5.73 Å². The van der Waals surface area contributed by atoms with Gasteiger partial charge in [-0.1, -0.05) is 0 Å². The maximum Gasteiger partial charge on any atom is 0.125 e. The van der Waals surface area contributed by atoms with E-state index in [4.69, 9.17) is 15.2 Å². The number of nitrogens with two attached hydrogens (primary N) is 1. The average Bonchev–Trinajstić information content (AvgIpc) is 2.38. The molecule has 1 aromatic carbocycles. The topological polar surface area (TPSA) is 47.7 Å². The van der Waals surface area contributed by atoms with E-state index < -0.39 is 0 Å². The Morgan fingerprint density at radius 2 is 2.32 bits per heavy atom. The van der Waals surface area contributed by atoms with Crippen molar-refractivity contribution >= 4 is 0 Å². The summed E-state index contributed by atoms with van der Waals surface area (Å²) in [5.74, 6) is 1.77. The first-order valence-corrected chi connectivity index (χ1v) is 6.93. The van der Waals surface area contributed by atoms with E-state index in [9.17, 15) is 0 Å². The van der Waals surface area contributed by atoms with Gasteiger partial charge in [-0.2, -0.15) is 0 Å². The molecule has 2 atom stereocenters. The van der Waals surface area contributed by atoms with E-state index in [2.05, 4.69) is 11.9 Å². The van der Waals surface area contributed by atoms with Crippen LogP contribution in [0.3, 0.4) is 0 Å². The van der Waals surface area contributed by atoms with Gasteiger partial charge in [-0.25, -0.2) is 0 Å². The summed E-state index contributed by atoms with van der Waals surface area (Å²) in [6.45, 7) is 2.11. The average molecular weight is 262 g/mol. The van der Waals surface area contributed by atoms with Crippen LogP contribution in [-0.4, -0.2) is 37.7 Å². The molecule has 19 heavy (non-hydrogen) atoms.